The van der Waals surface area contributed by atoms with E-state index in [1.54, 1.807) is 0 Å². The maximum absolute atomic E-state index is 12.3. The molecule has 0 aliphatic heterocycles. The maximum Gasteiger partial charge on any atom is 0.418 e. The summed E-state index contributed by atoms with van der Waals surface area (Å²) >= 11 is 5.22. The van der Waals surface area contributed by atoms with E-state index in [0.29, 0.717) is 12.1 Å². The van der Waals surface area contributed by atoms with Gasteiger partial charge in [-0.15, -0.1) is 0 Å². The molecule has 1 aromatic carbocycles. The second kappa shape index (κ2) is 4.38. The van der Waals surface area contributed by atoms with Crippen molar-refractivity contribution in [3.8, 4) is 0 Å². The van der Waals surface area contributed by atoms with E-state index in [1.807, 2.05) is 0 Å². The molecule has 0 aromatic heterocycles. The lowest BCUT2D eigenvalue weighted by Gasteiger charge is -2.17. The zero-order chi connectivity index (χ0) is 13.4. The number of hydrogen-bond donors (Lipinski definition) is 1. The summed E-state index contributed by atoms with van der Waals surface area (Å²) in [6, 6.07) is 1.53. The molecule has 8 heteroatoms. The van der Waals surface area contributed by atoms with E-state index in [2.05, 4.69) is 0 Å². The molecule has 0 spiro atoms. The summed E-state index contributed by atoms with van der Waals surface area (Å²) in [5.41, 5.74) is -2.32. The number of hydrogen-bond acceptors (Lipinski definition) is 1. The summed E-state index contributed by atoms with van der Waals surface area (Å²) < 4.78 is 73.3. The van der Waals surface area contributed by atoms with E-state index in [1.165, 1.54) is 0 Å². The van der Waals surface area contributed by atoms with Crippen molar-refractivity contribution in [2.45, 2.75) is 18.5 Å². The Labute approximate surface area is 96.6 Å². The SMILES string of the molecule is O[C@@H](c1ccc(Cl)c(C(F)(F)F)c1)C(F)(F)F. The fourth-order valence-corrected chi connectivity index (χ4v) is 1.34. The van der Waals surface area contributed by atoms with E-state index in [0.717, 1.165) is 0 Å². The molecule has 0 saturated carbocycles. The van der Waals surface area contributed by atoms with Crippen LogP contribution in [0.2, 0.25) is 5.02 Å². The number of benzene rings is 1. The molecule has 1 atom stereocenters. The van der Waals surface area contributed by atoms with Gasteiger partial charge in [0.1, 0.15) is 0 Å². The van der Waals surface area contributed by atoms with Crippen molar-refractivity contribution < 1.29 is 31.4 Å². The standard InChI is InChI=1S/C9H5ClF6O/c10-6-2-1-4(7(17)9(14,15)16)3-5(6)8(11,12)13/h1-3,7,17H/t7-/m0/s1. The summed E-state index contributed by atoms with van der Waals surface area (Å²) in [7, 11) is 0. The second-order valence-electron chi connectivity index (χ2n) is 3.18. The summed E-state index contributed by atoms with van der Waals surface area (Å²) in [6.07, 6.45) is -12.9. The lowest BCUT2D eigenvalue weighted by atomic mass is 10.1. The largest absolute Gasteiger partial charge is 0.418 e. The Hall–Kier alpha value is -0.950. The predicted octanol–water partition coefficient (Wildman–Crippen LogP) is 3.95. The van der Waals surface area contributed by atoms with Crippen molar-refractivity contribution in [1.82, 2.24) is 0 Å². The van der Waals surface area contributed by atoms with E-state index < -0.39 is 34.6 Å². The van der Waals surface area contributed by atoms with Gasteiger partial charge in [-0.3, -0.25) is 0 Å². The minimum absolute atomic E-state index is 0.181. The fraction of sp³-hybridized carbons (Fsp3) is 0.333. The van der Waals surface area contributed by atoms with E-state index in [4.69, 9.17) is 16.7 Å². The van der Waals surface area contributed by atoms with Gasteiger partial charge in [0.05, 0.1) is 10.6 Å². The monoisotopic (exact) mass is 278 g/mol. The Balaban J connectivity index is 3.23. The van der Waals surface area contributed by atoms with Crippen molar-refractivity contribution in [3.05, 3.63) is 34.3 Å². The molecule has 0 unspecified atom stereocenters. The lowest BCUT2D eigenvalue weighted by Crippen LogP contribution is -2.20. The molecular formula is C9H5ClF6O. The van der Waals surface area contributed by atoms with Gasteiger partial charge < -0.3 is 5.11 Å². The van der Waals surface area contributed by atoms with Gasteiger partial charge in [-0.2, -0.15) is 26.3 Å². The first-order valence-electron chi connectivity index (χ1n) is 4.15. The van der Waals surface area contributed by atoms with Gasteiger partial charge in [-0.1, -0.05) is 17.7 Å². The zero-order valence-electron chi connectivity index (χ0n) is 7.90. The zero-order valence-corrected chi connectivity index (χ0v) is 8.66. The maximum atomic E-state index is 12.3. The number of aliphatic hydroxyl groups is 1. The fourth-order valence-electron chi connectivity index (χ4n) is 1.12. The number of aliphatic hydroxyl groups excluding tert-OH is 1. The third-order valence-electron chi connectivity index (χ3n) is 1.92. The third-order valence-corrected chi connectivity index (χ3v) is 2.25. The smallest absolute Gasteiger partial charge is 0.379 e. The van der Waals surface area contributed by atoms with Crippen molar-refractivity contribution in [2.75, 3.05) is 0 Å². The van der Waals surface area contributed by atoms with Crippen LogP contribution in [-0.2, 0) is 6.18 Å². The van der Waals surface area contributed by atoms with Crippen LogP contribution in [0.15, 0.2) is 18.2 Å². The van der Waals surface area contributed by atoms with Crippen LogP contribution in [0.4, 0.5) is 26.3 Å². The molecule has 0 aliphatic carbocycles. The molecule has 0 heterocycles. The molecule has 1 nitrogen and oxygen atoms in total. The van der Waals surface area contributed by atoms with Crippen LogP contribution in [0.1, 0.15) is 17.2 Å². The molecular weight excluding hydrogens is 274 g/mol. The van der Waals surface area contributed by atoms with Crippen LogP contribution in [0.5, 0.6) is 0 Å². The van der Waals surface area contributed by atoms with Crippen LogP contribution in [0, 0.1) is 0 Å². The molecule has 0 saturated heterocycles. The van der Waals surface area contributed by atoms with Gasteiger partial charge >= 0.3 is 12.4 Å². The molecule has 1 aromatic rings. The first-order valence-corrected chi connectivity index (χ1v) is 4.52. The van der Waals surface area contributed by atoms with Gasteiger partial charge in [0.25, 0.3) is 0 Å². The highest BCUT2D eigenvalue weighted by atomic mass is 35.5. The highest BCUT2D eigenvalue weighted by Gasteiger charge is 2.41. The number of alkyl halides is 6. The Morgan fingerprint density at radius 1 is 1.06 bits per heavy atom. The number of halogens is 7. The van der Waals surface area contributed by atoms with Gasteiger partial charge in [0, 0.05) is 0 Å². The quantitative estimate of drug-likeness (QED) is 0.771. The Bertz CT molecular complexity index is 411. The van der Waals surface area contributed by atoms with E-state index >= 15 is 0 Å². The minimum atomic E-state index is -5.03. The van der Waals surface area contributed by atoms with E-state index in [9.17, 15) is 26.3 Å². The van der Waals surface area contributed by atoms with Gasteiger partial charge in [-0.25, -0.2) is 0 Å². The van der Waals surface area contributed by atoms with Crippen LogP contribution in [0.25, 0.3) is 0 Å². The molecule has 0 radical (unpaired) electrons. The molecule has 96 valence electrons. The first-order chi connectivity index (χ1) is 7.53. The van der Waals surface area contributed by atoms with Crippen molar-refractivity contribution >= 4 is 11.6 Å². The molecule has 0 aliphatic rings. The Kier molecular flexibility index (Phi) is 3.63. The van der Waals surface area contributed by atoms with Crippen LogP contribution >= 0.6 is 11.6 Å². The van der Waals surface area contributed by atoms with Gasteiger partial charge in [0.15, 0.2) is 6.10 Å². The van der Waals surface area contributed by atoms with Gasteiger partial charge in [0.2, 0.25) is 0 Å². The van der Waals surface area contributed by atoms with Crippen LogP contribution in [0.3, 0.4) is 0 Å². The first kappa shape index (κ1) is 14.1. The van der Waals surface area contributed by atoms with Crippen molar-refractivity contribution in [2.24, 2.45) is 0 Å². The van der Waals surface area contributed by atoms with Crippen LogP contribution < -0.4 is 0 Å². The van der Waals surface area contributed by atoms with Crippen molar-refractivity contribution in [1.29, 1.82) is 0 Å². The highest BCUT2D eigenvalue weighted by Crippen LogP contribution is 2.39. The average Bonchev–Trinajstić information content (AvgIpc) is 2.14. The molecule has 0 bridgehead atoms. The normalized spacial score (nSPS) is 14.8. The average molecular weight is 279 g/mol. The molecule has 0 amide bonds. The van der Waals surface area contributed by atoms with Gasteiger partial charge in [-0.05, 0) is 17.7 Å². The van der Waals surface area contributed by atoms with Crippen molar-refractivity contribution in [3.63, 3.8) is 0 Å². The topological polar surface area (TPSA) is 20.2 Å². The second-order valence-corrected chi connectivity index (χ2v) is 3.59. The molecule has 0 fully saturated rings. The van der Waals surface area contributed by atoms with E-state index in [-0.39, 0.29) is 6.07 Å². The highest BCUT2D eigenvalue weighted by molar-refractivity contribution is 6.31. The van der Waals surface area contributed by atoms with Crippen LogP contribution in [-0.4, -0.2) is 11.3 Å². The molecule has 1 N–H and O–H groups in total. The Morgan fingerprint density at radius 3 is 2.00 bits per heavy atom. The summed E-state index contributed by atoms with van der Waals surface area (Å²) in [4.78, 5) is 0. The lowest BCUT2D eigenvalue weighted by molar-refractivity contribution is -0.207. The molecule has 1 rings (SSSR count). The summed E-state index contributed by atoms with van der Waals surface area (Å²) in [6.45, 7) is 0. The summed E-state index contributed by atoms with van der Waals surface area (Å²) in [5, 5.41) is 8.08. The molecule has 17 heavy (non-hydrogen) atoms. The summed E-state index contributed by atoms with van der Waals surface area (Å²) in [5.74, 6) is 0. The predicted molar refractivity (Wildman–Crippen MR) is 47.5 cm³/mol. The number of rotatable bonds is 1. The minimum Gasteiger partial charge on any atom is -0.379 e. The Morgan fingerprint density at radius 2 is 1.59 bits per heavy atom. The third kappa shape index (κ3) is 3.26.